The Balaban J connectivity index is 2.17. The standard InChI is InChI=1S/C14H23N3O2/c1-14(2,3)19-13-11(15)4-5-12(16-13)17-7-6-10(8-17)9-18/h4-5,10,18H,6-9,15H2,1-3H3. The van der Waals surface area contributed by atoms with E-state index < -0.39 is 0 Å². The molecule has 5 heteroatoms. The van der Waals surface area contributed by atoms with E-state index in [1.807, 2.05) is 32.9 Å². The molecule has 1 aromatic heterocycles. The van der Waals surface area contributed by atoms with E-state index in [1.165, 1.54) is 0 Å². The minimum atomic E-state index is -0.321. The lowest BCUT2D eigenvalue weighted by molar-refractivity contribution is 0.125. The van der Waals surface area contributed by atoms with E-state index in [-0.39, 0.29) is 12.2 Å². The van der Waals surface area contributed by atoms with Crippen molar-refractivity contribution < 1.29 is 9.84 Å². The molecule has 1 unspecified atom stereocenters. The van der Waals surface area contributed by atoms with Crippen LogP contribution in [-0.4, -0.2) is 35.4 Å². The Kier molecular flexibility index (Phi) is 3.85. The minimum absolute atomic E-state index is 0.233. The van der Waals surface area contributed by atoms with Crippen molar-refractivity contribution in [3.05, 3.63) is 12.1 Å². The van der Waals surface area contributed by atoms with Crippen molar-refractivity contribution in [3.63, 3.8) is 0 Å². The van der Waals surface area contributed by atoms with Gasteiger partial charge in [-0.15, -0.1) is 0 Å². The van der Waals surface area contributed by atoms with E-state index in [0.717, 1.165) is 25.3 Å². The fourth-order valence-corrected chi connectivity index (χ4v) is 2.18. The number of aromatic nitrogens is 1. The van der Waals surface area contributed by atoms with E-state index in [0.29, 0.717) is 17.5 Å². The Morgan fingerprint density at radius 1 is 1.47 bits per heavy atom. The van der Waals surface area contributed by atoms with E-state index in [1.54, 1.807) is 0 Å². The Bertz CT molecular complexity index is 443. The van der Waals surface area contributed by atoms with Crippen molar-refractivity contribution in [2.75, 3.05) is 30.3 Å². The zero-order valence-electron chi connectivity index (χ0n) is 11.9. The summed E-state index contributed by atoms with van der Waals surface area (Å²) in [4.78, 5) is 6.67. The molecule has 1 fully saturated rings. The van der Waals surface area contributed by atoms with Crippen LogP contribution >= 0.6 is 0 Å². The largest absolute Gasteiger partial charge is 0.470 e. The van der Waals surface area contributed by atoms with Crippen LogP contribution in [0.15, 0.2) is 12.1 Å². The Morgan fingerprint density at radius 3 is 2.79 bits per heavy atom. The van der Waals surface area contributed by atoms with E-state index in [2.05, 4.69) is 9.88 Å². The summed E-state index contributed by atoms with van der Waals surface area (Å²) < 4.78 is 5.77. The predicted molar refractivity (Wildman–Crippen MR) is 76.4 cm³/mol. The van der Waals surface area contributed by atoms with Gasteiger partial charge in [0.2, 0.25) is 5.88 Å². The molecule has 1 saturated heterocycles. The molecule has 0 bridgehead atoms. The fraction of sp³-hybridized carbons (Fsp3) is 0.643. The highest BCUT2D eigenvalue weighted by Gasteiger charge is 2.24. The topological polar surface area (TPSA) is 71.6 Å². The first-order valence-corrected chi connectivity index (χ1v) is 6.70. The number of aliphatic hydroxyl groups is 1. The Hall–Kier alpha value is -1.49. The summed E-state index contributed by atoms with van der Waals surface area (Å²) in [6.07, 6.45) is 0.998. The molecule has 106 valence electrons. The highest BCUT2D eigenvalue weighted by Crippen LogP contribution is 2.29. The van der Waals surface area contributed by atoms with Gasteiger partial charge in [-0.1, -0.05) is 0 Å². The third kappa shape index (κ3) is 3.50. The number of anilines is 2. The number of rotatable bonds is 3. The van der Waals surface area contributed by atoms with Crippen molar-refractivity contribution >= 4 is 11.5 Å². The summed E-state index contributed by atoms with van der Waals surface area (Å²) in [5.41, 5.74) is 6.13. The lowest BCUT2D eigenvalue weighted by Crippen LogP contribution is -2.26. The minimum Gasteiger partial charge on any atom is -0.470 e. The summed E-state index contributed by atoms with van der Waals surface area (Å²) >= 11 is 0. The molecule has 0 aromatic carbocycles. The smallest absolute Gasteiger partial charge is 0.239 e. The quantitative estimate of drug-likeness (QED) is 0.869. The predicted octanol–water partition coefficient (Wildman–Crippen LogP) is 1.66. The molecule has 1 aliphatic rings. The summed E-state index contributed by atoms with van der Waals surface area (Å²) in [7, 11) is 0. The van der Waals surface area contributed by atoms with Gasteiger partial charge in [-0.25, -0.2) is 0 Å². The van der Waals surface area contributed by atoms with E-state index in [9.17, 15) is 5.11 Å². The SMILES string of the molecule is CC(C)(C)Oc1nc(N2CCC(CO)C2)ccc1N. The van der Waals surface area contributed by atoms with Crippen LogP contribution in [0.25, 0.3) is 0 Å². The Labute approximate surface area is 114 Å². The second-order valence-corrected chi connectivity index (χ2v) is 6.06. The molecule has 1 aliphatic heterocycles. The molecule has 1 atom stereocenters. The van der Waals surface area contributed by atoms with Crippen LogP contribution in [0.2, 0.25) is 0 Å². The normalized spacial score (nSPS) is 19.8. The average Bonchev–Trinajstić information content (AvgIpc) is 2.79. The number of pyridine rings is 1. The summed E-state index contributed by atoms with van der Waals surface area (Å²) in [5.74, 6) is 1.69. The van der Waals surface area contributed by atoms with Crippen molar-refractivity contribution in [1.82, 2.24) is 4.98 Å². The lowest BCUT2D eigenvalue weighted by atomic mass is 10.1. The van der Waals surface area contributed by atoms with Gasteiger partial charge in [0, 0.05) is 25.6 Å². The monoisotopic (exact) mass is 265 g/mol. The van der Waals surface area contributed by atoms with Crippen LogP contribution in [0.1, 0.15) is 27.2 Å². The molecule has 0 spiro atoms. The molecule has 2 heterocycles. The maximum absolute atomic E-state index is 9.19. The zero-order chi connectivity index (χ0) is 14.0. The third-order valence-corrected chi connectivity index (χ3v) is 3.15. The summed E-state index contributed by atoms with van der Waals surface area (Å²) in [5, 5.41) is 9.19. The molecule has 0 aliphatic carbocycles. The number of hydrogen-bond acceptors (Lipinski definition) is 5. The third-order valence-electron chi connectivity index (χ3n) is 3.15. The molecule has 0 saturated carbocycles. The van der Waals surface area contributed by atoms with Gasteiger partial charge in [-0.3, -0.25) is 0 Å². The molecule has 1 aromatic rings. The Morgan fingerprint density at radius 2 is 2.21 bits per heavy atom. The highest BCUT2D eigenvalue weighted by molar-refractivity contribution is 5.55. The molecule has 2 rings (SSSR count). The molecular weight excluding hydrogens is 242 g/mol. The van der Waals surface area contributed by atoms with Crippen molar-refractivity contribution in [3.8, 4) is 5.88 Å². The van der Waals surface area contributed by atoms with Crippen molar-refractivity contribution in [2.45, 2.75) is 32.8 Å². The van der Waals surface area contributed by atoms with Crippen LogP contribution in [0.5, 0.6) is 5.88 Å². The van der Waals surface area contributed by atoms with E-state index >= 15 is 0 Å². The first-order valence-electron chi connectivity index (χ1n) is 6.70. The molecular formula is C14H23N3O2. The summed E-state index contributed by atoms with van der Waals surface area (Å²) in [6, 6.07) is 3.74. The number of nitrogens with zero attached hydrogens (tertiary/aromatic N) is 2. The number of nitrogens with two attached hydrogens (primary N) is 1. The van der Waals surface area contributed by atoms with Gasteiger partial charge in [0.1, 0.15) is 11.4 Å². The van der Waals surface area contributed by atoms with Gasteiger partial charge in [0.15, 0.2) is 0 Å². The molecule has 0 radical (unpaired) electrons. The molecule has 3 N–H and O–H groups in total. The highest BCUT2D eigenvalue weighted by atomic mass is 16.5. The first kappa shape index (κ1) is 13.9. The molecule has 5 nitrogen and oxygen atoms in total. The van der Waals surface area contributed by atoms with Crippen LogP contribution in [0, 0.1) is 5.92 Å². The average molecular weight is 265 g/mol. The van der Waals surface area contributed by atoms with Gasteiger partial charge in [-0.2, -0.15) is 4.98 Å². The number of nitrogen functional groups attached to an aromatic ring is 1. The number of hydrogen-bond donors (Lipinski definition) is 2. The molecule has 0 amide bonds. The van der Waals surface area contributed by atoms with Crippen LogP contribution in [0.4, 0.5) is 11.5 Å². The zero-order valence-corrected chi connectivity index (χ0v) is 11.9. The van der Waals surface area contributed by atoms with Gasteiger partial charge in [-0.05, 0) is 39.3 Å². The van der Waals surface area contributed by atoms with Crippen molar-refractivity contribution in [1.29, 1.82) is 0 Å². The lowest BCUT2D eigenvalue weighted by Gasteiger charge is -2.23. The van der Waals surface area contributed by atoms with Crippen molar-refractivity contribution in [2.24, 2.45) is 5.92 Å². The number of aliphatic hydroxyl groups excluding tert-OH is 1. The second-order valence-electron chi connectivity index (χ2n) is 6.06. The molecule has 19 heavy (non-hydrogen) atoms. The van der Waals surface area contributed by atoms with Crippen LogP contribution in [0.3, 0.4) is 0 Å². The van der Waals surface area contributed by atoms with Gasteiger partial charge in [0.05, 0.1) is 5.69 Å². The second kappa shape index (κ2) is 5.25. The van der Waals surface area contributed by atoms with Crippen LogP contribution in [-0.2, 0) is 0 Å². The maximum Gasteiger partial charge on any atom is 0.239 e. The number of ether oxygens (including phenoxy) is 1. The summed E-state index contributed by atoms with van der Waals surface area (Å²) in [6.45, 7) is 7.89. The van der Waals surface area contributed by atoms with Gasteiger partial charge < -0.3 is 20.5 Å². The van der Waals surface area contributed by atoms with E-state index in [4.69, 9.17) is 10.5 Å². The van der Waals surface area contributed by atoms with Gasteiger partial charge in [0.25, 0.3) is 0 Å². The van der Waals surface area contributed by atoms with Crippen LogP contribution < -0.4 is 15.4 Å². The first-order chi connectivity index (χ1) is 8.89. The fourth-order valence-electron chi connectivity index (χ4n) is 2.18. The van der Waals surface area contributed by atoms with Gasteiger partial charge >= 0.3 is 0 Å². The maximum atomic E-state index is 9.19.